The van der Waals surface area contributed by atoms with Gasteiger partial charge in [0.2, 0.25) is 5.91 Å². The van der Waals surface area contributed by atoms with Crippen LogP contribution in [0.3, 0.4) is 0 Å². The molecule has 18 heavy (non-hydrogen) atoms. The summed E-state index contributed by atoms with van der Waals surface area (Å²) in [7, 11) is 0. The van der Waals surface area contributed by atoms with Gasteiger partial charge in [0.15, 0.2) is 0 Å². The van der Waals surface area contributed by atoms with Crippen LogP contribution < -0.4 is 10.7 Å². The number of hydrogen-bond donors (Lipinski definition) is 2. The van der Waals surface area contributed by atoms with Gasteiger partial charge in [0, 0.05) is 37.8 Å². The maximum atomic E-state index is 11.8. The average molecular weight is 249 g/mol. The van der Waals surface area contributed by atoms with E-state index >= 15 is 0 Å². The smallest absolute Gasteiger partial charge is 0.267 e. The first-order chi connectivity index (χ1) is 8.65. The number of hydrazone groups is 1. The summed E-state index contributed by atoms with van der Waals surface area (Å²) >= 11 is 0. The van der Waals surface area contributed by atoms with E-state index in [-0.39, 0.29) is 17.9 Å². The quantitative estimate of drug-likeness (QED) is 0.764. The predicted octanol–water partition coefficient (Wildman–Crippen LogP) is -0.346. The van der Waals surface area contributed by atoms with E-state index in [1.54, 1.807) is 12.5 Å². The van der Waals surface area contributed by atoms with Crippen LogP contribution in [0.25, 0.3) is 0 Å². The zero-order chi connectivity index (χ0) is 13.0. The molecule has 0 aromatic carbocycles. The van der Waals surface area contributed by atoms with E-state index in [1.807, 2.05) is 17.7 Å². The molecular weight excluding hydrogens is 234 g/mol. The number of amides is 2. The van der Waals surface area contributed by atoms with Crippen LogP contribution in [0.5, 0.6) is 0 Å². The van der Waals surface area contributed by atoms with Gasteiger partial charge in [-0.1, -0.05) is 0 Å². The third kappa shape index (κ3) is 3.16. The average Bonchev–Trinajstić information content (AvgIpc) is 2.82. The zero-order valence-corrected chi connectivity index (χ0v) is 10.1. The van der Waals surface area contributed by atoms with Crippen molar-refractivity contribution in [1.29, 1.82) is 0 Å². The van der Waals surface area contributed by atoms with Gasteiger partial charge in [-0.3, -0.25) is 9.59 Å². The molecule has 2 heterocycles. The molecule has 1 aliphatic rings. The molecule has 7 nitrogen and oxygen atoms in total. The van der Waals surface area contributed by atoms with Crippen LogP contribution in [0.4, 0.5) is 0 Å². The highest BCUT2D eigenvalue weighted by Gasteiger charge is 2.19. The van der Waals surface area contributed by atoms with Crippen LogP contribution in [0, 0.1) is 0 Å². The van der Waals surface area contributed by atoms with Gasteiger partial charge >= 0.3 is 0 Å². The first kappa shape index (κ1) is 12.3. The minimum Gasteiger partial charge on any atom is -0.347 e. The Bertz CT molecular complexity index is 466. The van der Waals surface area contributed by atoms with Crippen LogP contribution >= 0.6 is 0 Å². The summed E-state index contributed by atoms with van der Waals surface area (Å²) in [6.45, 7) is 2.55. The standard InChI is InChI=1S/C11H15N5O2/c1-8(6-16-5-4-12-7-16)13-11(18)9-2-3-10(17)15-14-9/h4-5,7-8H,2-3,6H2,1H3,(H,13,18)(H,15,17). The van der Waals surface area contributed by atoms with Crippen molar-refractivity contribution in [3.8, 4) is 0 Å². The van der Waals surface area contributed by atoms with Crippen molar-refractivity contribution in [3.05, 3.63) is 18.7 Å². The molecule has 2 rings (SSSR count). The Labute approximate surface area is 104 Å². The molecule has 0 radical (unpaired) electrons. The van der Waals surface area contributed by atoms with E-state index in [9.17, 15) is 9.59 Å². The van der Waals surface area contributed by atoms with E-state index in [0.29, 0.717) is 25.1 Å². The Morgan fingerprint density at radius 1 is 1.61 bits per heavy atom. The SMILES string of the molecule is CC(Cn1ccnc1)NC(=O)C1=NNC(=O)CC1. The molecule has 96 valence electrons. The molecule has 0 aliphatic carbocycles. The highest BCUT2D eigenvalue weighted by molar-refractivity contribution is 6.39. The van der Waals surface area contributed by atoms with Crippen LogP contribution in [0.15, 0.2) is 23.8 Å². The molecule has 1 aromatic rings. The molecule has 2 N–H and O–H groups in total. The van der Waals surface area contributed by atoms with Crippen molar-refractivity contribution in [2.45, 2.75) is 32.4 Å². The van der Waals surface area contributed by atoms with Crippen molar-refractivity contribution >= 4 is 17.5 Å². The second kappa shape index (κ2) is 5.44. The Morgan fingerprint density at radius 2 is 2.44 bits per heavy atom. The van der Waals surface area contributed by atoms with Crippen molar-refractivity contribution in [2.24, 2.45) is 5.10 Å². The molecule has 0 saturated heterocycles. The molecule has 1 aliphatic heterocycles. The van der Waals surface area contributed by atoms with Crippen LogP contribution in [-0.2, 0) is 16.1 Å². The summed E-state index contributed by atoms with van der Waals surface area (Å²) in [6, 6.07) is -0.0352. The number of nitrogens with one attached hydrogen (secondary N) is 2. The summed E-state index contributed by atoms with van der Waals surface area (Å²) in [5.41, 5.74) is 2.67. The summed E-state index contributed by atoms with van der Waals surface area (Å²) < 4.78 is 1.88. The fourth-order valence-electron chi connectivity index (χ4n) is 1.70. The molecule has 0 fully saturated rings. The number of carbonyl (C=O) groups is 2. The lowest BCUT2D eigenvalue weighted by Crippen LogP contribution is -2.42. The lowest BCUT2D eigenvalue weighted by Gasteiger charge is -2.16. The highest BCUT2D eigenvalue weighted by atomic mass is 16.2. The maximum absolute atomic E-state index is 11.8. The molecular formula is C11H15N5O2. The number of carbonyl (C=O) groups excluding carboxylic acids is 2. The summed E-state index contributed by atoms with van der Waals surface area (Å²) in [6.07, 6.45) is 5.91. The second-order valence-electron chi connectivity index (χ2n) is 4.23. The maximum Gasteiger partial charge on any atom is 0.267 e. The predicted molar refractivity (Wildman–Crippen MR) is 64.6 cm³/mol. The van der Waals surface area contributed by atoms with Crippen LogP contribution in [0.2, 0.25) is 0 Å². The van der Waals surface area contributed by atoms with Crippen molar-refractivity contribution < 1.29 is 9.59 Å². The first-order valence-electron chi connectivity index (χ1n) is 5.77. The van der Waals surface area contributed by atoms with Gasteiger partial charge < -0.3 is 9.88 Å². The number of imidazole rings is 1. The molecule has 7 heteroatoms. The number of hydrogen-bond acceptors (Lipinski definition) is 4. The Balaban J connectivity index is 1.85. The van der Waals surface area contributed by atoms with Gasteiger partial charge in [0.05, 0.1) is 6.33 Å². The van der Waals surface area contributed by atoms with E-state index in [2.05, 4.69) is 20.8 Å². The van der Waals surface area contributed by atoms with Gasteiger partial charge in [-0.2, -0.15) is 5.10 Å². The molecule has 2 amide bonds. The monoisotopic (exact) mass is 249 g/mol. The summed E-state index contributed by atoms with van der Waals surface area (Å²) in [5.74, 6) is -0.388. The van der Waals surface area contributed by atoms with Crippen molar-refractivity contribution in [1.82, 2.24) is 20.3 Å². The Morgan fingerprint density at radius 3 is 3.06 bits per heavy atom. The fraction of sp³-hybridized carbons (Fsp3) is 0.455. The normalized spacial score (nSPS) is 16.7. The second-order valence-corrected chi connectivity index (χ2v) is 4.23. The van der Waals surface area contributed by atoms with E-state index in [4.69, 9.17) is 0 Å². The lowest BCUT2D eigenvalue weighted by molar-refractivity contribution is -0.121. The van der Waals surface area contributed by atoms with E-state index < -0.39 is 0 Å². The minimum absolute atomic E-state index is 0.0352. The third-order valence-electron chi connectivity index (χ3n) is 2.59. The minimum atomic E-state index is -0.234. The summed E-state index contributed by atoms with van der Waals surface area (Å²) in [5, 5.41) is 6.58. The van der Waals surface area contributed by atoms with Crippen LogP contribution in [-0.4, -0.2) is 33.1 Å². The number of rotatable bonds is 4. The van der Waals surface area contributed by atoms with Gasteiger partial charge in [0.25, 0.3) is 5.91 Å². The molecule has 1 unspecified atom stereocenters. The molecule has 0 saturated carbocycles. The first-order valence-corrected chi connectivity index (χ1v) is 5.77. The molecule has 0 bridgehead atoms. The topological polar surface area (TPSA) is 88.4 Å². The highest BCUT2D eigenvalue weighted by Crippen LogP contribution is 2.00. The zero-order valence-electron chi connectivity index (χ0n) is 10.1. The largest absolute Gasteiger partial charge is 0.347 e. The number of nitrogens with zero attached hydrogens (tertiary/aromatic N) is 3. The van der Waals surface area contributed by atoms with E-state index in [0.717, 1.165) is 0 Å². The van der Waals surface area contributed by atoms with Crippen molar-refractivity contribution in [3.63, 3.8) is 0 Å². The molecule has 0 spiro atoms. The third-order valence-corrected chi connectivity index (χ3v) is 2.59. The lowest BCUT2D eigenvalue weighted by atomic mass is 10.1. The van der Waals surface area contributed by atoms with E-state index in [1.165, 1.54) is 0 Å². The Hall–Kier alpha value is -2.18. The van der Waals surface area contributed by atoms with Crippen LogP contribution in [0.1, 0.15) is 19.8 Å². The molecule has 1 atom stereocenters. The van der Waals surface area contributed by atoms with Gasteiger partial charge in [-0.25, -0.2) is 10.4 Å². The van der Waals surface area contributed by atoms with Crippen molar-refractivity contribution in [2.75, 3.05) is 0 Å². The Kier molecular flexibility index (Phi) is 3.71. The number of aromatic nitrogens is 2. The van der Waals surface area contributed by atoms with Gasteiger partial charge in [0.1, 0.15) is 5.71 Å². The fourth-order valence-corrected chi connectivity index (χ4v) is 1.70. The van der Waals surface area contributed by atoms with Gasteiger partial charge in [-0.15, -0.1) is 0 Å². The van der Waals surface area contributed by atoms with Gasteiger partial charge in [-0.05, 0) is 6.92 Å². The summed E-state index contributed by atoms with van der Waals surface area (Å²) in [4.78, 5) is 26.7. The molecule has 1 aromatic heterocycles.